The predicted octanol–water partition coefficient (Wildman–Crippen LogP) is 2.45. The largest absolute Gasteiger partial charge is 0.478 e. The minimum Gasteiger partial charge on any atom is -0.478 e. The third-order valence-electron chi connectivity index (χ3n) is 3.74. The second kappa shape index (κ2) is 9.91. The van der Waals surface area contributed by atoms with Crippen LogP contribution in [0, 0.1) is 0 Å². The summed E-state index contributed by atoms with van der Waals surface area (Å²) in [7, 11) is 3.11. The van der Waals surface area contributed by atoms with E-state index < -0.39 is 0 Å². The van der Waals surface area contributed by atoms with Crippen LogP contribution in [0.25, 0.3) is 10.9 Å². The molecule has 10 heteroatoms. The summed E-state index contributed by atoms with van der Waals surface area (Å²) in [6, 6.07) is 6.90. The number of hydrogen-bond donors (Lipinski definition) is 2. The molecule has 1 aromatic heterocycles. The van der Waals surface area contributed by atoms with Gasteiger partial charge in [-0.2, -0.15) is 0 Å². The lowest BCUT2D eigenvalue weighted by Crippen LogP contribution is -2.27. The van der Waals surface area contributed by atoms with Gasteiger partial charge in [-0.05, 0) is 31.0 Å². The molecule has 1 aromatic carbocycles. The van der Waals surface area contributed by atoms with Crippen molar-refractivity contribution in [2.75, 3.05) is 25.0 Å². The van der Waals surface area contributed by atoms with Crippen LogP contribution in [0.4, 0.5) is 5.69 Å². The lowest BCUT2D eigenvalue weighted by molar-refractivity contribution is -0.122. The normalized spacial score (nSPS) is 12.0. The summed E-state index contributed by atoms with van der Waals surface area (Å²) in [5.74, 6) is 0.0558. The summed E-state index contributed by atoms with van der Waals surface area (Å²) in [5.41, 5.74) is 1.00. The fraction of sp³-hybridized carbons (Fsp3) is 0.222. The molecule has 0 aliphatic rings. The Labute approximate surface area is 171 Å². The van der Waals surface area contributed by atoms with Crippen molar-refractivity contribution in [3.8, 4) is 5.75 Å². The Morgan fingerprint density at radius 1 is 1.39 bits per heavy atom. The van der Waals surface area contributed by atoms with Crippen LogP contribution in [0.15, 0.2) is 50.3 Å². The van der Waals surface area contributed by atoms with Crippen molar-refractivity contribution in [3.05, 3.63) is 45.9 Å². The first-order valence-electron chi connectivity index (χ1n) is 8.07. The molecule has 0 saturated carbocycles. The van der Waals surface area contributed by atoms with Crippen molar-refractivity contribution < 1.29 is 9.53 Å². The summed E-state index contributed by atoms with van der Waals surface area (Å²) >= 11 is 11.8. The second-order valence-corrected chi connectivity index (χ2v) is 6.17. The zero-order valence-corrected chi connectivity index (χ0v) is 16.8. The molecule has 0 aliphatic carbocycles. The van der Waals surface area contributed by atoms with E-state index in [0.29, 0.717) is 22.4 Å². The van der Waals surface area contributed by atoms with E-state index in [1.807, 2.05) is 0 Å². The standard InChI is InChI=1S/C18H19Cl2N5O3/c1-21-8-13(20)17(23-10-19)24-12-4-5-14-11(6-12)7-15(18(27)25(14)3)28-9-16(26)22-2/h4-8H,1,9-10H2,2-3H3,(H,22,26)(H,23,24)/b13-8+. The van der Waals surface area contributed by atoms with Gasteiger partial charge < -0.3 is 19.9 Å². The maximum absolute atomic E-state index is 12.4. The number of amides is 1. The van der Waals surface area contributed by atoms with Crippen LogP contribution in [0.5, 0.6) is 5.75 Å². The summed E-state index contributed by atoms with van der Waals surface area (Å²) in [5, 5.41) is 6.44. The lowest BCUT2D eigenvalue weighted by atomic mass is 10.2. The lowest BCUT2D eigenvalue weighted by Gasteiger charge is -2.13. The number of hydrogen-bond acceptors (Lipinski definition) is 5. The molecular weight excluding hydrogens is 405 g/mol. The van der Waals surface area contributed by atoms with Crippen molar-refractivity contribution in [2.24, 2.45) is 17.0 Å². The fourth-order valence-corrected chi connectivity index (χ4v) is 2.66. The third kappa shape index (κ3) is 5.11. The molecule has 0 saturated heterocycles. The number of aryl methyl sites for hydroxylation is 1. The highest BCUT2D eigenvalue weighted by Gasteiger charge is 2.11. The van der Waals surface area contributed by atoms with Gasteiger partial charge in [-0.3, -0.25) is 19.6 Å². The number of anilines is 1. The Bertz CT molecular complexity index is 1010. The highest BCUT2D eigenvalue weighted by atomic mass is 35.5. The van der Waals surface area contributed by atoms with Crippen LogP contribution in [0.2, 0.25) is 0 Å². The zero-order chi connectivity index (χ0) is 20.7. The van der Waals surface area contributed by atoms with Gasteiger partial charge in [0.2, 0.25) is 0 Å². The van der Waals surface area contributed by atoms with Crippen molar-refractivity contribution in [2.45, 2.75) is 0 Å². The quantitative estimate of drug-likeness (QED) is 0.309. The molecule has 0 atom stereocenters. The first kappa shape index (κ1) is 21.5. The molecule has 0 spiro atoms. The van der Waals surface area contributed by atoms with Crippen molar-refractivity contribution >= 4 is 58.3 Å². The number of nitrogens with one attached hydrogen (secondary N) is 2. The van der Waals surface area contributed by atoms with Crippen LogP contribution in [0.3, 0.4) is 0 Å². The number of fused-ring (bicyclic) bond motifs is 1. The van der Waals surface area contributed by atoms with Crippen LogP contribution < -0.4 is 20.9 Å². The SMILES string of the molecule is C=N/C=C(Cl)\C(=N/CCl)Nc1ccc2c(c1)cc(OCC(=O)NC)c(=O)n2C. The smallest absolute Gasteiger partial charge is 0.293 e. The number of aromatic nitrogens is 1. The number of halogens is 2. The van der Waals surface area contributed by atoms with Gasteiger partial charge in [-0.1, -0.05) is 11.6 Å². The number of aliphatic imine (C=N–C) groups is 2. The first-order valence-corrected chi connectivity index (χ1v) is 8.99. The zero-order valence-electron chi connectivity index (χ0n) is 15.3. The Hall–Kier alpha value is -2.84. The molecule has 2 aromatic rings. The van der Waals surface area contributed by atoms with E-state index in [-0.39, 0.29) is 34.9 Å². The molecule has 2 N–H and O–H groups in total. The molecule has 0 radical (unpaired) electrons. The maximum Gasteiger partial charge on any atom is 0.293 e. The molecule has 8 nitrogen and oxygen atoms in total. The number of nitrogens with zero attached hydrogens (tertiary/aromatic N) is 3. The molecule has 148 valence electrons. The minimum atomic E-state index is -0.343. The number of amidine groups is 1. The van der Waals surface area contributed by atoms with E-state index >= 15 is 0 Å². The number of carbonyl (C=O) groups is 1. The molecular formula is C18H19Cl2N5O3. The maximum atomic E-state index is 12.4. The molecule has 1 amide bonds. The first-order chi connectivity index (χ1) is 13.4. The Morgan fingerprint density at radius 2 is 2.14 bits per heavy atom. The Balaban J connectivity index is 2.42. The molecule has 1 heterocycles. The molecule has 0 fully saturated rings. The van der Waals surface area contributed by atoms with Gasteiger partial charge in [0.15, 0.2) is 12.4 Å². The van der Waals surface area contributed by atoms with Crippen molar-refractivity contribution in [1.29, 1.82) is 0 Å². The number of benzene rings is 1. The average Bonchev–Trinajstić information content (AvgIpc) is 2.69. The van der Waals surface area contributed by atoms with E-state index in [1.54, 1.807) is 31.3 Å². The summed E-state index contributed by atoms with van der Waals surface area (Å²) < 4.78 is 6.80. The van der Waals surface area contributed by atoms with Gasteiger partial charge >= 0.3 is 0 Å². The van der Waals surface area contributed by atoms with Crippen LogP contribution in [-0.4, -0.2) is 42.7 Å². The number of likely N-dealkylation sites (N-methyl/N-ethyl adjacent to an activating group) is 1. The number of rotatable bonds is 7. The molecule has 2 rings (SSSR count). The summed E-state index contributed by atoms with van der Waals surface area (Å²) in [6.07, 6.45) is 1.34. The molecule has 28 heavy (non-hydrogen) atoms. The Kier molecular flexibility index (Phi) is 7.60. The van der Waals surface area contributed by atoms with Gasteiger partial charge in [0.25, 0.3) is 11.5 Å². The topological polar surface area (TPSA) is 97.1 Å². The number of carbonyl (C=O) groups excluding carboxylic acids is 1. The second-order valence-electron chi connectivity index (χ2n) is 5.52. The fourth-order valence-electron chi connectivity index (χ4n) is 2.36. The number of ether oxygens (including phenoxy) is 1. The number of pyridine rings is 1. The highest BCUT2D eigenvalue weighted by molar-refractivity contribution is 6.45. The highest BCUT2D eigenvalue weighted by Crippen LogP contribution is 2.22. The van der Waals surface area contributed by atoms with Gasteiger partial charge in [-0.15, -0.1) is 11.6 Å². The molecule has 0 bridgehead atoms. The van der Waals surface area contributed by atoms with Gasteiger partial charge in [0, 0.05) is 31.4 Å². The Morgan fingerprint density at radius 3 is 2.79 bits per heavy atom. The predicted molar refractivity (Wildman–Crippen MR) is 114 cm³/mol. The summed E-state index contributed by atoms with van der Waals surface area (Å²) in [6.45, 7) is 3.10. The van der Waals surface area contributed by atoms with E-state index in [1.165, 1.54) is 17.8 Å². The van der Waals surface area contributed by atoms with Crippen LogP contribution >= 0.6 is 23.2 Å². The molecule has 0 aliphatic heterocycles. The van der Waals surface area contributed by atoms with E-state index in [4.69, 9.17) is 27.9 Å². The van der Waals surface area contributed by atoms with Crippen LogP contribution in [-0.2, 0) is 11.8 Å². The average molecular weight is 424 g/mol. The minimum absolute atomic E-state index is 0.00308. The van der Waals surface area contributed by atoms with E-state index in [9.17, 15) is 9.59 Å². The monoisotopic (exact) mass is 423 g/mol. The van der Waals surface area contributed by atoms with E-state index in [0.717, 1.165) is 0 Å². The van der Waals surface area contributed by atoms with Gasteiger partial charge in [0.1, 0.15) is 16.9 Å². The summed E-state index contributed by atoms with van der Waals surface area (Å²) in [4.78, 5) is 31.5. The third-order valence-corrected chi connectivity index (χ3v) is 4.14. The molecule has 0 unspecified atom stereocenters. The van der Waals surface area contributed by atoms with Crippen molar-refractivity contribution in [1.82, 2.24) is 9.88 Å². The van der Waals surface area contributed by atoms with E-state index in [2.05, 4.69) is 27.3 Å². The van der Waals surface area contributed by atoms with Crippen LogP contribution in [0.1, 0.15) is 0 Å². The van der Waals surface area contributed by atoms with Crippen molar-refractivity contribution in [3.63, 3.8) is 0 Å². The van der Waals surface area contributed by atoms with Gasteiger partial charge in [-0.25, -0.2) is 0 Å². The van der Waals surface area contributed by atoms with Gasteiger partial charge in [0.05, 0.1) is 5.52 Å². The number of alkyl halides is 1.